The van der Waals surface area contributed by atoms with Gasteiger partial charge in [0.05, 0.1) is 0 Å². The van der Waals surface area contributed by atoms with Crippen LogP contribution in [0, 0.1) is 0 Å². The van der Waals surface area contributed by atoms with Crippen LogP contribution in [0.25, 0.3) is 0 Å². The average molecular weight is 282 g/mol. The molecule has 1 aromatic carbocycles. The highest BCUT2D eigenvalue weighted by molar-refractivity contribution is 5.29. The van der Waals surface area contributed by atoms with Gasteiger partial charge in [0.1, 0.15) is 0 Å². The van der Waals surface area contributed by atoms with E-state index in [0.717, 1.165) is 0 Å². The second-order valence-corrected chi connectivity index (χ2v) is 6.76. The molecule has 2 heteroatoms. The highest BCUT2D eigenvalue weighted by Crippen LogP contribution is 2.25. The first-order valence-electron chi connectivity index (χ1n) is 7.64. The second-order valence-electron chi connectivity index (χ2n) is 6.76. The molecule has 0 bridgehead atoms. The normalized spacial score (nSPS) is 14.7. The molecule has 2 atom stereocenters. The van der Waals surface area contributed by atoms with E-state index in [1.165, 1.54) is 16.7 Å². The van der Waals surface area contributed by atoms with E-state index in [0.29, 0.717) is 12.1 Å². The zero-order valence-electron chi connectivity index (χ0n) is 13.7. The lowest BCUT2D eigenvalue weighted by atomic mass is 9.86. The Morgan fingerprint density at radius 1 is 0.810 bits per heavy atom. The first-order valence-corrected chi connectivity index (χ1v) is 7.64. The molecule has 0 amide bonds. The van der Waals surface area contributed by atoms with E-state index in [1.54, 1.807) is 0 Å². The van der Waals surface area contributed by atoms with Gasteiger partial charge in [0.2, 0.25) is 0 Å². The maximum atomic E-state index is 4.07. The van der Waals surface area contributed by atoms with Gasteiger partial charge in [0.25, 0.3) is 0 Å². The Balaban J connectivity index is 2.05. The molecular formula is C19H26N2. The van der Waals surface area contributed by atoms with Crippen LogP contribution in [-0.4, -0.2) is 4.98 Å². The van der Waals surface area contributed by atoms with Crippen molar-refractivity contribution in [3.05, 3.63) is 65.5 Å². The minimum Gasteiger partial charge on any atom is -0.304 e. The van der Waals surface area contributed by atoms with Crippen molar-refractivity contribution < 1.29 is 0 Å². The Labute approximate surface area is 128 Å². The van der Waals surface area contributed by atoms with Gasteiger partial charge < -0.3 is 5.32 Å². The molecule has 21 heavy (non-hydrogen) atoms. The Kier molecular flexibility index (Phi) is 4.79. The molecule has 112 valence electrons. The number of aromatic nitrogens is 1. The lowest BCUT2D eigenvalue weighted by molar-refractivity contribution is 0.494. The monoisotopic (exact) mass is 282 g/mol. The van der Waals surface area contributed by atoms with Gasteiger partial charge >= 0.3 is 0 Å². The largest absolute Gasteiger partial charge is 0.304 e. The highest BCUT2D eigenvalue weighted by atomic mass is 14.9. The summed E-state index contributed by atoms with van der Waals surface area (Å²) in [5.74, 6) is 0. The summed E-state index contributed by atoms with van der Waals surface area (Å²) in [6.45, 7) is 11.1. The van der Waals surface area contributed by atoms with E-state index >= 15 is 0 Å². The van der Waals surface area contributed by atoms with Crippen molar-refractivity contribution in [2.75, 3.05) is 0 Å². The first kappa shape index (κ1) is 15.7. The van der Waals surface area contributed by atoms with E-state index in [1.807, 2.05) is 12.4 Å². The summed E-state index contributed by atoms with van der Waals surface area (Å²) >= 11 is 0. The summed E-state index contributed by atoms with van der Waals surface area (Å²) in [6.07, 6.45) is 3.69. The number of rotatable bonds is 4. The first-order chi connectivity index (χ1) is 9.88. The van der Waals surface area contributed by atoms with Crippen LogP contribution in [0.4, 0.5) is 0 Å². The summed E-state index contributed by atoms with van der Waals surface area (Å²) < 4.78 is 0. The number of nitrogens with zero attached hydrogens (tertiary/aromatic N) is 1. The van der Waals surface area contributed by atoms with Crippen molar-refractivity contribution in [3.8, 4) is 0 Å². The molecule has 0 spiro atoms. The zero-order chi connectivity index (χ0) is 15.5. The standard InChI is InChI=1S/C19H26N2/c1-14(21-15(2)17-10-12-20-13-11-17)16-6-8-18(9-7-16)19(3,4)5/h6-15,21H,1-5H3/t14?,15-/m0/s1. The summed E-state index contributed by atoms with van der Waals surface area (Å²) in [5, 5.41) is 3.64. The summed E-state index contributed by atoms with van der Waals surface area (Å²) in [5.41, 5.74) is 4.17. The maximum Gasteiger partial charge on any atom is 0.0298 e. The molecule has 0 saturated carbocycles. The molecule has 0 aliphatic carbocycles. The number of hydrogen-bond donors (Lipinski definition) is 1. The van der Waals surface area contributed by atoms with Gasteiger partial charge in [-0.2, -0.15) is 0 Å². The Morgan fingerprint density at radius 3 is 1.76 bits per heavy atom. The van der Waals surface area contributed by atoms with Gasteiger partial charge in [-0.25, -0.2) is 0 Å². The fourth-order valence-electron chi connectivity index (χ4n) is 2.49. The van der Waals surface area contributed by atoms with Crippen LogP contribution in [0.1, 0.15) is 63.4 Å². The second kappa shape index (κ2) is 6.40. The van der Waals surface area contributed by atoms with Crippen molar-refractivity contribution in [1.82, 2.24) is 10.3 Å². The predicted molar refractivity (Wildman–Crippen MR) is 89.3 cm³/mol. The molecule has 2 rings (SSSR count). The van der Waals surface area contributed by atoms with Gasteiger partial charge in [-0.15, -0.1) is 0 Å². The van der Waals surface area contributed by atoms with Crippen LogP contribution < -0.4 is 5.32 Å². The van der Waals surface area contributed by atoms with Crippen LogP contribution in [0.2, 0.25) is 0 Å². The van der Waals surface area contributed by atoms with E-state index < -0.39 is 0 Å². The van der Waals surface area contributed by atoms with Crippen molar-refractivity contribution >= 4 is 0 Å². The molecule has 1 aromatic heterocycles. The number of hydrogen-bond acceptors (Lipinski definition) is 2. The van der Waals surface area contributed by atoms with Crippen LogP contribution in [0.3, 0.4) is 0 Å². The number of pyridine rings is 1. The predicted octanol–water partition coefficient (Wildman–Crippen LogP) is 4.79. The van der Waals surface area contributed by atoms with Crippen molar-refractivity contribution in [2.24, 2.45) is 0 Å². The molecular weight excluding hydrogens is 256 g/mol. The Hall–Kier alpha value is -1.67. The molecule has 1 unspecified atom stereocenters. The van der Waals surface area contributed by atoms with Crippen molar-refractivity contribution in [1.29, 1.82) is 0 Å². The quantitative estimate of drug-likeness (QED) is 0.872. The maximum absolute atomic E-state index is 4.07. The summed E-state index contributed by atoms with van der Waals surface area (Å²) in [4.78, 5) is 4.07. The zero-order valence-corrected chi connectivity index (χ0v) is 13.7. The number of nitrogens with one attached hydrogen (secondary N) is 1. The molecule has 0 saturated heterocycles. The minimum absolute atomic E-state index is 0.208. The summed E-state index contributed by atoms with van der Waals surface area (Å²) in [7, 11) is 0. The number of benzene rings is 1. The third kappa shape index (κ3) is 4.15. The molecule has 2 aromatic rings. The molecule has 1 N–H and O–H groups in total. The third-order valence-corrected chi connectivity index (χ3v) is 3.98. The fourth-order valence-corrected chi connectivity index (χ4v) is 2.49. The van der Waals surface area contributed by atoms with E-state index in [4.69, 9.17) is 0 Å². The van der Waals surface area contributed by atoms with E-state index in [9.17, 15) is 0 Å². The SMILES string of the molecule is CC(N[C@@H](C)c1ccncc1)c1ccc(C(C)(C)C)cc1. The van der Waals surface area contributed by atoms with Gasteiger partial charge in [0.15, 0.2) is 0 Å². The van der Waals surface area contributed by atoms with Gasteiger partial charge in [-0.05, 0) is 48.1 Å². The van der Waals surface area contributed by atoms with Crippen LogP contribution >= 0.6 is 0 Å². The van der Waals surface area contributed by atoms with Crippen LogP contribution in [0.5, 0.6) is 0 Å². The van der Waals surface area contributed by atoms with Crippen LogP contribution in [0.15, 0.2) is 48.8 Å². The van der Waals surface area contributed by atoms with Crippen molar-refractivity contribution in [2.45, 2.75) is 52.1 Å². The van der Waals surface area contributed by atoms with E-state index in [-0.39, 0.29) is 5.41 Å². The Morgan fingerprint density at radius 2 is 1.29 bits per heavy atom. The molecule has 1 heterocycles. The molecule has 0 fully saturated rings. The topological polar surface area (TPSA) is 24.9 Å². The summed E-state index contributed by atoms with van der Waals surface area (Å²) in [6, 6.07) is 13.7. The minimum atomic E-state index is 0.208. The molecule has 2 nitrogen and oxygen atoms in total. The molecule has 0 radical (unpaired) electrons. The van der Waals surface area contributed by atoms with E-state index in [2.05, 4.69) is 81.3 Å². The highest BCUT2D eigenvalue weighted by Gasteiger charge is 2.15. The van der Waals surface area contributed by atoms with Gasteiger partial charge in [-0.1, -0.05) is 45.0 Å². The fraction of sp³-hybridized carbons (Fsp3) is 0.421. The average Bonchev–Trinajstić information content (AvgIpc) is 2.47. The smallest absolute Gasteiger partial charge is 0.0298 e. The lowest BCUT2D eigenvalue weighted by Crippen LogP contribution is -2.22. The third-order valence-electron chi connectivity index (χ3n) is 3.98. The van der Waals surface area contributed by atoms with Gasteiger partial charge in [-0.3, -0.25) is 4.98 Å². The van der Waals surface area contributed by atoms with Crippen molar-refractivity contribution in [3.63, 3.8) is 0 Å². The molecule has 0 aliphatic rings. The lowest BCUT2D eigenvalue weighted by Gasteiger charge is -2.23. The Bertz CT molecular complexity index is 552. The molecule has 0 aliphatic heterocycles. The van der Waals surface area contributed by atoms with Gasteiger partial charge in [0, 0.05) is 24.5 Å². The van der Waals surface area contributed by atoms with Crippen LogP contribution in [-0.2, 0) is 5.41 Å².